The van der Waals surface area contributed by atoms with E-state index in [0.29, 0.717) is 29.9 Å². The number of esters is 2. The quantitative estimate of drug-likeness (QED) is 0.109. The van der Waals surface area contributed by atoms with Gasteiger partial charge in [-0.15, -0.1) is 0 Å². The highest BCUT2D eigenvalue weighted by atomic mass is 127. The number of carbonyl (C=O) groups is 2. The van der Waals surface area contributed by atoms with Crippen LogP contribution in [0.1, 0.15) is 31.7 Å². The molecule has 0 unspecified atom stereocenters. The molecule has 1 N–H and O–H groups in total. The fourth-order valence-electron chi connectivity index (χ4n) is 3.92. The molecule has 2 aromatic rings. The van der Waals surface area contributed by atoms with Gasteiger partial charge >= 0.3 is 11.9 Å². The topological polar surface area (TPSA) is 117 Å². The number of carbonyl (C=O) groups excluding carboxylic acids is 2. The van der Waals surface area contributed by atoms with Crippen molar-refractivity contribution < 1.29 is 52.5 Å². The number of benzene rings is 1. The number of allylic oxidation sites excluding steroid dienone is 2. The second-order valence-corrected chi connectivity index (χ2v) is 7.79. The van der Waals surface area contributed by atoms with E-state index in [9.17, 15) is 19.7 Å². The van der Waals surface area contributed by atoms with Gasteiger partial charge in [0.1, 0.15) is 12.4 Å². The third kappa shape index (κ3) is 6.01. The molecule has 0 spiro atoms. The predicted molar refractivity (Wildman–Crippen MR) is 118 cm³/mol. The van der Waals surface area contributed by atoms with Crippen LogP contribution in [0.3, 0.4) is 0 Å². The smallest absolute Gasteiger partial charge is 0.336 e. The van der Waals surface area contributed by atoms with E-state index < -0.39 is 22.8 Å². The Hall–Kier alpha value is -3.22. The molecule has 0 saturated carbocycles. The van der Waals surface area contributed by atoms with Crippen molar-refractivity contribution in [2.75, 3.05) is 13.7 Å². The van der Waals surface area contributed by atoms with Crippen LogP contribution in [0.4, 0.5) is 5.69 Å². The molecule has 1 aromatic carbocycles. The van der Waals surface area contributed by atoms with Gasteiger partial charge in [0, 0.05) is 29.9 Å². The lowest BCUT2D eigenvalue weighted by Crippen LogP contribution is -3.00. The first-order chi connectivity index (χ1) is 15.7. The number of halogens is 1. The van der Waals surface area contributed by atoms with Crippen LogP contribution in [0.15, 0.2) is 65.5 Å². The molecule has 0 bridgehead atoms. The molecule has 3 rings (SSSR count). The molecule has 0 amide bonds. The molecule has 1 atom stereocenters. The average Bonchev–Trinajstić information content (AvgIpc) is 3.20. The van der Waals surface area contributed by atoms with Crippen molar-refractivity contribution in [1.29, 1.82) is 0 Å². The summed E-state index contributed by atoms with van der Waals surface area (Å²) in [4.78, 5) is 36.6. The minimum atomic E-state index is -0.866. The zero-order valence-electron chi connectivity index (χ0n) is 19.4. The SMILES string of the molecule is COC(=O)C1=C(C)NC(C)=C(C(=O)OCCCn2cc[n+](C)c2)[C@H]1c1cccc([N+](=O)[O-])c1.[I-]. The highest BCUT2D eigenvalue weighted by molar-refractivity contribution is 5.99. The number of imidazole rings is 1. The monoisotopic (exact) mass is 582 g/mol. The summed E-state index contributed by atoms with van der Waals surface area (Å²) in [6.07, 6.45) is 6.36. The number of methoxy groups -OCH3 is 1. The Morgan fingerprint density at radius 2 is 1.88 bits per heavy atom. The van der Waals surface area contributed by atoms with Crippen LogP contribution in [0, 0.1) is 10.1 Å². The van der Waals surface area contributed by atoms with Crippen molar-refractivity contribution in [2.45, 2.75) is 32.7 Å². The summed E-state index contributed by atoms with van der Waals surface area (Å²) in [5.74, 6) is -2.09. The standard InChI is InChI=1S/C23H26N4O6.HI/c1-15-19(22(28)32-4)21(17-7-5-8-18(13-17)27(30)31)20(16(2)24-15)23(29)33-12-6-9-26-11-10-25(3)14-26;/h5,7-8,10-11,13-14,21H,6,9,12H2,1-4H3;1H/t21-;/m0./s1. The first-order valence-electron chi connectivity index (χ1n) is 10.4. The third-order valence-corrected chi connectivity index (χ3v) is 5.42. The normalized spacial score (nSPS) is 15.4. The van der Waals surface area contributed by atoms with E-state index in [1.807, 2.05) is 34.9 Å². The Balaban J connectivity index is 0.00000408. The number of dihydropyridines is 1. The van der Waals surface area contributed by atoms with Gasteiger partial charge in [0.25, 0.3) is 5.69 Å². The van der Waals surface area contributed by atoms with Crippen molar-refractivity contribution in [3.8, 4) is 0 Å². The fourth-order valence-corrected chi connectivity index (χ4v) is 3.92. The van der Waals surface area contributed by atoms with Gasteiger partial charge in [-0.2, -0.15) is 0 Å². The van der Waals surface area contributed by atoms with E-state index in [0.717, 1.165) is 0 Å². The van der Waals surface area contributed by atoms with Gasteiger partial charge in [0.2, 0.25) is 6.33 Å². The van der Waals surface area contributed by atoms with Gasteiger partial charge in [0.05, 0.1) is 49.3 Å². The van der Waals surface area contributed by atoms with E-state index in [2.05, 4.69) is 5.32 Å². The number of nitrogens with one attached hydrogen (secondary N) is 1. The number of hydrogen-bond acceptors (Lipinski definition) is 7. The Kier molecular flexibility index (Phi) is 9.36. The summed E-state index contributed by atoms with van der Waals surface area (Å²) in [7, 11) is 3.17. The van der Waals surface area contributed by atoms with Crippen molar-refractivity contribution in [2.24, 2.45) is 7.05 Å². The maximum absolute atomic E-state index is 13.2. The van der Waals surface area contributed by atoms with E-state index in [1.54, 1.807) is 19.9 Å². The van der Waals surface area contributed by atoms with Crippen LogP contribution in [-0.2, 0) is 32.7 Å². The van der Waals surface area contributed by atoms with E-state index in [-0.39, 0.29) is 47.4 Å². The predicted octanol–water partition coefficient (Wildman–Crippen LogP) is -0.734. The Morgan fingerprint density at radius 1 is 1.21 bits per heavy atom. The van der Waals surface area contributed by atoms with Crippen molar-refractivity contribution in [3.05, 3.63) is 81.2 Å². The van der Waals surface area contributed by atoms with Gasteiger partial charge in [-0.1, -0.05) is 12.1 Å². The summed E-state index contributed by atoms with van der Waals surface area (Å²) in [5, 5.41) is 14.4. The summed E-state index contributed by atoms with van der Waals surface area (Å²) < 4.78 is 14.4. The Morgan fingerprint density at radius 3 is 2.47 bits per heavy atom. The van der Waals surface area contributed by atoms with Crippen LogP contribution in [0.25, 0.3) is 0 Å². The van der Waals surface area contributed by atoms with Crippen LogP contribution in [-0.4, -0.2) is 35.1 Å². The summed E-state index contributed by atoms with van der Waals surface area (Å²) in [6.45, 7) is 4.25. The first kappa shape index (κ1) is 27.0. The zero-order chi connectivity index (χ0) is 24.1. The van der Waals surface area contributed by atoms with E-state index >= 15 is 0 Å². The number of nitrogens with zero attached hydrogens (tertiary/aromatic N) is 3. The number of rotatable bonds is 8. The number of aromatic nitrogens is 2. The number of hydrogen-bond donors (Lipinski definition) is 1. The highest BCUT2D eigenvalue weighted by Gasteiger charge is 2.38. The lowest BCUT2D eigenvalue weighted by Gasteiger charge is -2.30. The molecule has 34 heavy (non-hydrogen) atoms. The molecule has 1 aromatic heterocycles. The molecule has 182 valence electrons. The van der Waals surface area contributed by atoms with Gasteiger partial charge in [-0.3, -0.25) is 10.1 Å². The van der Waals surface area contributed by atoms with Gasteiger partial charge < -0.3 is 38.8 Å². The molecule has 10 nitrogen and oxygen atoms in total. The molecular weight excluding hydrogens is 555 g/mol. The van der Waals surface area contributed by atoms with Gasteiger partial charge in [-0.05, 0) is 19.4 Å². The van der Waals surface area contributed by atoms with Crippen LogP contribution in [0.2, 0.25) is 0 Å². The van der Waals surface area contributed by atoms with Crippen LogP contribution >= 0.6 is 0 Å². The second kappa shape index (κ2) is 11.8. The number of nitro benzene ring substituents is 1. The minimum absolute atomic E-state index is 0. The fraction of sp³-hybridized carbons (Fsp3) is 0.348. The maximum atomic E-state index is 13.2. The molecule has 0 saturated heterocycles. The lowest BCUT2D eigenvalue weighted by molar-refractivity contribution is -0.671. The van der Waals surface area contributed by atoms with Crippen LogP contribution < -0.4 is 33.9 Å². The zero-order valence-corrected chi connectivity index (χ0v) is 21.6. The molecule has 11 heteroatoms. The average molecular weight is 582 g/mol. The van der Waals surface area contributed by atoms with Gasteiger partial charge in [-0.25, -0.2) is 18.7 Å². The largest absolute Gasteiger partial charge is 1.00 e. The molecule has 1 aliphatic heterocycles. The Labute approximate surface area is 214 Å². The van der Waals surface area contributed by atoms with Gasteiger partial charge in [0.15, 0.2) is 0 Å². The van der Waals surface area contributed by atoms with Crippen molar-refractivity contribution in [3.63, 3.8) is 0 Å². The molecular formula is C23H27IN4O6. The van der Waals surface area contributed by atoms with Crippen molar-refractivity contribution in [1.82, 2.24) is 9.88 Å². The summed E-state index contributed by atoms with van der Waals surface area (Å²) in [6, 6.07) is 5.88. The number of nitro groups is 1. The highest BCUT2D eigenvalue weighted by Crippen LogP contribution is 2.40. The summed E-state index contributed by atoms with van der Waals surface area (Å²) >= 11 is 0. The maximum Gasteiger partial charge on any atom is 0.336 e. The van der Waals surface area contributed by atoms with Crippen LogP contribution in [0.5, 0.6) is 0 Å². The number of ether oxygens (including phenoxy) is 2. The lowest BCUT2D eigenvalue weighted by atomic mass is 9.80. The van der Waals surface area contributed by atoms with Crippen molar-refractivity contribution >= 4 is 17.6 Å². The molecule has 0 radical (unpaired) electrons. The molecule has 1 aliphatic rings. The second-order valence-electron chi connectivity index (χ2n) is 7.79. The minimum Gasteiger partial charge on any atom is -1.00 e. The first-order valence-corrected chi connectivity index (χ1v) is 10.4. The molecule has 2 heterocycles. The summed E-state index contributed by atoms with van der Waals surface area (Å²) in [5.41, 5.74) is 1.73. The molecule has 0 aliphatic carbocycles. The molecule has 0 fully saturated rings. The van der Waals surface area contributed by atoms with E-state index in [4.69, 9.17) is 9.47 Å². The van der Waals surface area contributed by atoms with E-state index in [1.165, 1.54) is 25.3 Å². The third-order valence-electron chi connectivity index (χ3n) is 5.42. The number of aryl methyl sites for hydroxylation is 2. The number of non-ortho nitro benzene ring substituents is 1. The Bertz CT molecular complexity index is 1150.